The molecule has 13 heteroatoms. The van der Waals surface area contributed by atoms with Gasteiger partial charge in [0.25, 0.3) is 11.8 Å². The third-order valence-corrected chi connectivity index (χ3v) is 6.78. The average Bonchev–Trinajstić information content (AvgIpc) is 2.85. The van der Waals surface area contributed by atoms with Gasteiger partial charge in [-0.3, -0.25) is 9.59 Å². The van der Waals surface area contributed by atoms with Crippen molar-refractivity contribution >= 4 is 57.2 Å². The molecular formula is C24H25Cl2N5O5S. The molecule has 3 heterocycles. The Kier molecular flexibility index (Phi) is 9.44. The molecule has 1 fully saturated rings. The van der Waals surface area contributed by atoms with Gasteiger partial charge >= 0.3 is 0 Å². The predicted molar refractivity (Wildman–Crippen MR) is 143 cm³/mol. The zero-order valence-corrected chi connectivity index (χ0v) is 22.1. The van der Waals surface area contributed by atoms with Crippen LogP contribution in [0.5, 0.6) is 5.75 Å². The van der Waals surface area contributed by atoms with E-state index >= 15 is 0 Å². The van der Waals surface area contributed by atoms with Crippen LogP contribution in [0.3, 0.4) is 0 Å². The second-order valence-corrected chi connectivity index (χ2v) is 10.6. The van der Waals surface area contributed by atoms with Crippen molar-refractivity contribution in [3.63, 3.8) is 0 Å². The van der Waals surface area contributed by atoms with E-state index < -0.39 is 21.7 Å². The van der Waals surface area contributed by atoms with Crippen LogP contribution in [0.4, 0.5) is 11.5 Å². The Labute approximate surface area is 225 Å². The lowest BCUT2D eigenvalue weighted by molar-refractivity contribution is 0.101. The van der Waals surface area contributed by atoms with Crippen molar-refractivity contribution < 1.29 is 22.7 Å². The third kappa shape index (κ3) is 7.39. The van der Waals surface area contributed by atoms with Crippen LogP contribution in [0.25, 0.3) is 0 Å². The number of aromatic nitrogens is 2. The largest absolute Gasteiger partial charge is 0.489 e. The molecule has 1 aromatic carbocycles. The van der Waals surface area contributed by atoms with Crippen molar-refractivity contribution in [2.24, 2.45) is 0 Å². The Morgan fingerprint density at radius 3 is 2.49 bits per heavy atom. The van der Waals surface area contributed by atoms with E-state index in [-0.39, 0.29) is 51.9 Å². The number of nitrogens with zero attached hydrogens (tertiary/aromatic N) is 2. The molecule has 0 radical (unpaired) electrons. The summed E-state index contributed by atoms with van der Waals surface area (Å²) in [4.78, 5) is 34.3. The molecule has 196 valence electrons. The molecule has 2 aromatic heterocycles. The zero-order chi connectivity index (χ0) is 25.7. The van der Waals surface area contributed by atoms with Crippen LogP contribution < -0.4 is 20.7 Å². The number of hydrogen-bond acceptors (Lipinski definition) is 8. The number of benzene rings is 1. The Balaban J connectivity index is 0.00000380. The van der Waals surface area contributed by atoms with Gasteiger partial charge in [0.2, 0.25) is 0 Å². The summed E-state index contributed by atoms with van der Waals surface area (Å²) in [7, 11) is -3.52. The van der Waals surface area contributed by atoms with Crippen LogP contribution in [0.15, 0.2) is 59.8 Å². The SMILES string of the molecule is CS(=O)(=O)c1ccc(C(=O)Nc2cccnc2C(=O)Nc2ccc(Cl)cn2)c(OC2CCNCC2)c1.Cl. The number of rotatable bonds is 7. The first-order valence-electron chi connectivity index (χ1n) is 11.1. The predicted octanol–water partition coefficient (Wildman–Crippen LogP) is 3.59. The number of nitrogens with one attached hydrogen (secondary N) is 3. The van der Waals surface area contributed by atoms with E-state index in [1.165, 1.54) is 42.7 Å². The van der Waals surface area contributed by atoms with Gasteiger partial charge in [-0.2, -0.15) is 0 Å². The fourth-order valence-electron chi connectivity index (χ4n) is 3.61. The molecule has 0 spiro atoms. The van der Waals surface area contributed by atoms with E-state index in [1.807, 2.05) is 0 Å². The number of piperidine rings is 1. The number of halogens is 2. The molecule has 0 bridgehead atoms. The Bertz CT molecular complexity index is 1380. The van der Waals surface area contributed by atoms with Gasteiger partial charge < -0.3 is 20.7 Å². The van der Waals surface area contributed by atoms with Gasteiger partial charge in [-0.1, -0.05) is 11.6 Å². The monoisotopic (exact) mass is 565 g/mol. The summed E-state index contributed by atoms with van der Waals surface area (Å²) in [5, 5.41) is 8.95. The maximum atomic E-state index is 13.3. The van der Waals surface area contributed by atoms with Gasteiger partial charge in [0, 0.05) is 18.6 Å². The molecule has 1 aliphatic heterocycles. The standard InChI is InChI=1S/C24H24ClN5O5S.ClH/c1-36(33,34)17-5-6-18(20(13-17)35-16-8-11-26-12-9-16)23(31)29-19-3-2-10-27-22(19)24(32)30-21-7-4-15(25)14-28-21;/h2-7,10,13-14,16,26H,8-9,11-12H2,1H3,(H,29,31)(H,28,30,32);1H. The van der Waals surface area contributed by atoms with E-state index in [2.05, 4.69) is 25.9 Å². The molecular weight excluding hydrogens is 541 g/mol. The van der Waals surface area contributed by atoms with Crippen LogP contribution in [0.2, 0.25) is 5.02 Å². The van der Waals surface area contributed by atoms with E-state index in [9.17, 15) is 18.0 Å². The number of carbonyl (C=O) groups excluding carboxylic acids is 2. The van der Waals surface area contributed by atoms with Gasteiger partial charge in [-0.25, -0.2) is 18.4 Å². The minimum atomic E-state index is -3.52. The topological polar surface area (TPSA) is 139 Å². The normalized spacial score (nSPS) is 13.8. The summed E-state index contributed by atoms with van der Waals surface area (Å²) in [5.74, 6) is -0.742. The van der Waals surface area contributed by atoms with Gasteiger partial charge in [-0.05, 0) is 68.4 Å². The number of anilines is 2. The first-order valence-corrected chi connectivity index (χ1v) is 13.4. The number of hydrogen-bond donors (Lipinski definition) is 3. The van der Waals surface area contributed by atoms with Gasteiger partial charge in [0.05, 0.1) is 21.2 Å². The van der Waals surface area contributed by atoms with Crippen molar-refractivity contribution in [2.75, 3.05) is 30.0 Å². The molecule has 2 amide bonds. The van der Waals surface area contributed by atoms with Crippen molar-refractivity contribution in [3.05, 3.63) is 71.1 Å². The maximum Gasteiger partial charge on any atom is 0.277 e. The van der Waals surface area contributed by atoms with E-state index in [4.69, 9.17) is 16.3 Å². The first-order chi connectivity index (χ1) is 17.2. The summed E-state index contributed by atoms with van der Waals surface area (Å²) in [6.45, 7) is 1.52. The average molecular weight is 566 g/mol. The Morgan fingerprint density at radius 2 is 1.81 bits per heavy atom. The molecule has 3 N–H and O–H groups in total. The lowest BCUT2D eigenvalue weighted by atomic mass is 10.1. The molecule has 1 saturated heterocycles. The lowest BCUT2D eigenvalue weighted by Gasteiger charge is -2.25. The number of ether oxygens (including phenoxy) is 1. The summed E-state index contributed by atoms with van der Waals surface area (Å²) in [6.07, 6.45) is 5.17. The molecule has 1 aliphatic rings. The van der Waals surface area contributed by atoms with Crippen LogP contribution >= 0.6 is 24.0 Å². The summed E-state index contributed by atoms with van der Waals surface area (Å²) in [5.41, 5.74) is 0.265. The van der Waals surface area contributed by atoms with Crippen LogP contribution in [-0.2, 0) is 9.84 Å². The van der Waals surface area contributed by atoms with E-state index in [0.29, 0.717) is 5.02 Å². The quantitative estimate of drug-likeness (QED) is 0.395. The molecule has 37 heavy (non-hydrogen) atoms. The Morgan fingerprint density at radius 1 is 1.05 bits per heavy atom. The molecule has 0 aliphatic carbocycles. The molecule has 4 rings (SSSR count). The van der Waals surface area contributed by atoms with Gasteiger partial charge in [-0.15, -0.1) is 12.4 Å². The lowest BCUT2D eigenvalue weighted by Crippen LogP contribution is -2.34. The summed E-state index contributed by atoms with van der Waals surface area (Å²) < 4.78 is 30.3. The minimum absolute atomic E-state index is 0. The third-order valence-electron chi connectivity index (χ3n) is 5.45. The minimum Gasteiger partial charge on any atom is -0.489 e. The highest BCUT2D eigenvalue weighted by Gasteiger charge is 2.23. The molecule has 3 aromatic rings. The fraction of sp³-hybridized carbons (Fsp3) is 0.250. The first kappa shape index (κ1) is 28.3. The second-order valence-electron chi connectivity index (χ2n) is 8.17. The summed E-state index contributed by atoms with van der Waals surface area (Å²) >= 11 is 5.83. The maximum absolute atomic E-state index is 13.3. The van der Waals surface area contributed by atoms with Gasteiger partial charge in [0.1, 0.15) is 17.7 Å². The van der Waals surface area contributed by atoms with Crippen LogP contribution in [-0.4, -0.2) is 55.6 Å². The van der Waals surface area contributed by atoms with Crippen LogP contribution in [0.1, 0.15) is 33.7 Å². The van der Waals surface area contributed by atoms with Gasteiger partial charge in [0.15, 0.2) is 15.5 Å². The van der Waals surface area contributed by atoms with Crippen molar-refractivity contribution in [1.29, 1.82) is 0 Å². The van der Waals surface area contributed by atoms with E-state index in [0.717, 1.165) is 32.2 Å². The molecule has 0 atom stereocenters. The van der Waals surface area contributed by atoms with Crippen molar-refractivity contribution in [3.8, 4) is 5.75 Å². The number of sulfone groups is 1. The van der Waals surface area contributed by atoms with Crippen molar-refractivity contribution in [2.45, 2.75) is 23.8 Å². The Hall–Kier alpha value is -3.25. The van der Waals surface area contributed by atoms with Crippen LogP contribution in [0, 0.1) is 0 Å². The fourth-order valence-corrected chi connectivity index (χ4v) is 4.36. The number of amides is 2. The highest BCUT2D eigenvalue weighted by atomic mass is 35.5. The molecule has 0 unspecified atom stereocenters. The smallest absolute Gasteiger partial charge is 0.277 e. The number of carbonyl (C=O) groups is 2. The van der Waals surface area contributed by atoms with Crippen molar-refractivity contribution in [1.82, 2.24) is 15.3 Å². The highest BCUT2D eigenvalue weighted by Crippen LogP contribution is 2.27. The zero-order valence-electron chi connectivity index (χ0n) is 19.7. The van der Waals surface area contributed by atoms with E-state index in [1.54, 1.807) is 12.1 Å². The second kappa shape index (κ2) is 12.3. The highest BCUT2D eigenvalue weighted by molar-refractivity contribution is 7.90. The summed E-state index contributed by atoms with van der Waals surface area (Å²) in [6, 6.07) is 10.3. The molecule has 0 saturated carbocycles. The number of pyridine rings is 2. The molecule has 10 nitrogen and oxygen atoms in total.